The van der Waals surface area contributed by atoms with E-state index in [1.54, 1.807) is 0 Å². The molecule has 0 fully saturated rings. The molecule has 0 aliphatic carbocycles. The zero-order valence-electron chi connectivity index (χ0n) is 19.8. The molecule has 6 rings (SSSR count). The van der Waals surface area contributed by atoms with Crippen molar-refractivity contribution in [3.05, 3.63) is 105 Å². The molecule has 2 aliphatic rings. The summed E-state index contributed by atoms with van der Waals surface area (Å²) in [5.41, 5.74) is 6.60. The number of anilines is 1. The summed E-state index contributed by atoms with van der Waals surface area (Å²) in [5.74, 6) is 0. The maximum absolute atomic E-state index is 14.0. The largest absolute Gasteiger partial charge is 0.322 e. The van der Waals surface area contributed by atoms with E-state index >= 15 is 0 Å². The van der Waals surface area contributed by atoms with E-state index in [4.69, 9.17) is 11.6 Å². The summed E-state index contributed by atoms with van der Waals surface area (Å²) >= 11 is 8.29. The van der Waals surface area contributed by atoms with E-state index in [-0.39, 0.29) is 12.1 Å². The molecule has 0 bridgehead atoms. The molecule has 4 aromatic rings. The van der Waals surface area contributed by atoms with E-state index in [9.17, 15) is 4.79 Å². The summed E-state index contributed by atoms with van der Waals surface area (Å²) in [6.45, 7) is 4.54. The number of urea groups is 1. The average Bonchev–Trinajstić information content (AvgIpc) is 3.42. The topological polar surface area (TPSA) is 40.5 Å². The molecule has 2 aromatic carbocycles. The van der Waals surface area contributed by atoms with E-state index in [0.29, 0.717) is 11.6 Å². The molecule has 178 valence electrons. The first-order valence-electron chi connectivity index (χ1n) is 11.9. The van der Waals surface area contributed by atoms with Crippen molar-refractivity contribution in [1.29, 1.82) is 0 Å². The first kappa shape index (κ1) is 22.4. The SMILES string of the molecule is Cc1ccccc1NC(=O)N1Cc2c(sc3c2CCN(C)C3)-n2cccc2C1c1cccc(Cl)c1. The van der Waals surface area contributed by atoms with Crippen LogP contribution in [-0.2, 0) is 19.5 Å². The monoisotopic (exact) mass is 502 g/mol. The highest BCUT2D eigenvalue weighted by molar-refractivity contribution is 7.15. The van der Waals surface area contributed by atoms with Crippen molar-refractivity contribution < 1.29 is 4.79 Å². The highest BCUT2D eigenvalue weighted by atomic mass is 35.5. The Balaban J connectivity index is 1.51. The number of aryl methyl sites for hydroxylation is 1. The summed E-state index contributed by atoms with van der Waals surface area (Å²) in [4.78, 5) is 19.7. The number of rotatable bonds is 2. The maximum atomic E-state index is 14.0. The van der Waals surface area contributed by atoms with Crippen LogP contribution in [0.5, 0.6) is 0 Å². The van der Waals surface area contributed by atoms with Gasteiger partial charge in [0, 0.05) is 40.4 Å². The third-order valence-corrected chi connectivity index (χ3v) is 8.56. The van der Waals surface area contributed by atoms with Gasteiger partial charge in [-0.15, -0.1) is 11.3 Å². The normalized spacial score (nSPS) is 17.3. The van der Waals surface area contributed by atoms with Gasteiger partial charge in [0.25, 0.3) is 0 Å². The Morgan fingerprint density at radius 1 is 1.06 bits per heavy atom. The lowest BCUT2D eigenvalue weighted by Crippen LogP contribution is -2.38. The first-order valence-corrected chi connectivity index (χ1v) is 13.1. The summed E-state index contributed by atoms with van der Waals surface area (Å²) in [7, 11) is 2.17. The van der Waals surface area contributed by atoms with Crippen molar-refractivity contribution in [2.45, 2.75) is 32.5 Å². The van der Waals surface area contributed by atoms with Crippen LogP contribution in [-0.4, -0.2) is 34.0 Å². The van der Waals surface area contributed by atoms with E-state index in [0.717, 1.165) is 42.0 Å². The highest BCUT2D eigenvalue weighted by Gasteiger charge is 2.36. The van der Waals surface area contributed by atoms with Gasteiger partial charge in [0.1, 0.15) is 5.00 Å². The summed E-state index contributed by atoms with van der Waals surface area (Å²) < 4.78 is 2.28. The molecule has 35 heavy (non-hydrogen) atoms. The molecule has 1 atom stereocenters. The third-order valence-electron chi connectivity index (χ3n) is 7.07. The van der Waals surface area contributed by atoms with Crippen molar-refractivity contribution >= 4 is 34.7 Å². The predicted octanol–water partition coefficient (Wildman–Crippen LogP) is 6.63. The number of carbonyl (C=O) groups excluding carboxylic acids is 1. The fourth-order valence-electron chi connectivity index (χ4n) is 5.28. The lowest BCUT2D eigenvalue weighted by atomic mass is 10.0. The highest BCUT2D eigenvalue weighted by Crippen LogP contribution is 2.43. The van der Waals surface area contributed by atoms with Crippen LogP contribution >= 0.6 is 22.9 Å². The minimum atomic E-state index is -0.269. The molecule has 2 aliphatic heterocycles. The molecule has 4 heterocycles. The summed E-state index contributed by atoms with van der Waals surface area (Å²) in [6.07, 6.45) is 3.13. The van der Waals surface area contributed by atoms with Gasteiger partial charge in [0.05, 0.1) is 18.3 Å². The van der Waals surface area contributed by atoms with Crippen LogP contribution in [0.1, 0.15) is 38.9 Å². The van der Waals surface area contributed by atoms with Crippen LogP contribution < -0.4 is 5.32 Å². The number of halogens is 1. The van der Waals surface area contributed by atoms with E-state index in [2.05, 4.69) is 46.2 Å². The lowest BCUT2D eigenvalue weighted by molar-refractivity contribution is 0.194. The Labute approximate surface area is 214 Å². The van der Waals surface area contributed by atoms with Gasteiger partial charge in [-0.2, -0.15) is 0 Å². The van der Waals surface area contributed by atoms with Crippen molar-refractivity contribution in [2.75, 3.05) is 18.9 Å². The molecule has 1 N–H and O–H groups in total. The van der Waals surface area contributed by atoms with Crippen LogP contribution in [0.3, 0.4) is 0 Å². The van der Waals surface area contributed by atoms with Crippen LogP contribution in [0.15, 0.2) is 66.9 Å². The number of aromatic nitrogens is 1. The number of para-hydroxylation sites is 1. The third kappa shape index (κ3) is 3.96. The van der Waals surface area contributed by atoms with Gasteiger partial charge in [-0.05, 0) is 67.4 Å². The molecule has 0 saturated carbocycles. The van der Waals surface area contributed by atoms with Gasteiger partial charge in [0.15, 0.2) is 0 Å². The second-order valence-corrected chi connectivity index (χ2v) is 10.9. The number of amides is 2. The molecule has 0 radical (unpaired) electrons. The summed E-state index contributed by atoms with van der Waals surface area (Å²) in [5, 5.41) is 5.09. The van der Waals surface area contributed by atoms with Gasteiger partial charge in [-0.25, -0.2) is 4.79 Å². The molecule has 0 saturated heterocycles. The number of hydrogen-bond donors (Lipinski definition) is 1. The second kappa shape index (κ2) is 8.86. The molecule has 1 unspecified atom stereocenters. The fraction of sp³-hybridized carbons (Fsp3) is 0.250. The van der Waals surface area contributed by atoms with Gasteiger partial charge in [-0.1, -0.05) is 41.9 Å². The fourth-order valence-corrected chi connectivity index (χ4v) is 6.92. The van der Waals surface area contributed by atoms with Crippen LogP contribution in [0.4, 0.5) is 10.5 Å². The van der Waals surface area contributed by atoms with Crippen molar-refractivity contribution in [1.82, 2.24) is 14.4 Å². The molecule has 0 spiro atoms. The van der Waals surface area contributed by atoms with Gasteiger partial charge < -0.3 is 19.7 Å². The molecular formula is C28H27ClN4OS. The van der Waals surface area contributed by atoms with Crippen molar-refractivity contribution in [3.63, 3.8) is 0 Å². The quantitative estimate of drug-likeness (QED) is 0.334. The Kier molecular flexibility index (Phi) is 5.67. The molecule has 5 nitrogen and oxygen atoms in total. The van der Waals surface area contributed by atoms with Crippen LogP contribution in [0.2, 0.25) is 5.02 Å². The Hall–Kier alpha value is -3.06. The number of fused-ring (bicyclic) bond motifs is 5. The standard InChI is InChI=1S/C28H27ClN4OS/c1-18-7-3-4-10-23(18)30-28(34)33-16-22-21-12-14-31(2)17-25(21)35-27(22)32-13-6-11-24(32)26(33)19-8-5-9-20(29)15-19/h3-11,13,15,26H,12,14,16-17H2,1-2H3,(H,30,34). The Morgan fingerprint density at radius 2 is 1.91 bits per heavy atom. The molecule has 7 heteroatoms. The van der Waals surface area contributed by atoms with Gasteiger partial charge in [0.2, 0.25) is 0 Å². The number of likely N-dealkylation sites (N-methyl/N-ethyl adjacent to an activating group) is 1. The van der Waals surface area contributed by atoms with Crippen LogP contribution in [0.25, 0.3) is 5.00 Å². The van der Waals surface area contributed by atoms with E-state index in [1.807, 2.05) is 65.6 Å². The average molecular weight is 503 g/mol. The number of benzene rings is 2. The lowest BCUT2D eigenvalue weighted by Gasteiger charge is -2.32. The number of hydrogen-bond acceptors (Lipinski definition) is 3. The smallest absolute Gasteiger partial charge is 0.310 e. The second-order valence-electron chi connectivity index (χ2n) is 9.41. The number of thiophene rings is 1. The molecule has 2 amide bonds. The minimum absolute atomic E-state index is 0.113. The molecular weight excluding hydrogens is 476 g/mol. The maximum Gasteiger partial charge on any atom is 0.322 e. The first-order chi connectivity index (χ1) is 17.0. The van der Waals surface area contributed by atoms with Crippen molar-refractivity contribution in [3.8, 4) is 5.00 Å². The number of carbonyl (C=O) groups is 1. The van der Waals surface area contributed by atoms with E-state index in [1.165, 1.54) is 21.0 Å². The van der Waals surface area contributed by atoms with Gasteiger partial charge in [-0.3, -0.25) is 0 Å². The zero-order valence-corrected chi connectivity index (χ0v) is 21.4. The number of nitrogens with zero attached hydrogens (tertiary/aromatic N) is 3. The van der Waals surface area contributed by atoms with E-state index < -0.39 is 0 Å². The number of nitrogens with one attached hydrogen (secondary N) is 1. The molecule has 2 aromatic heterocycles. The summed E-state index contributed by atoms with van der Waals surface area (Å²) in [6, 6.07) is 19.6. The minimum Gasteiger partial charge on any atom is -0.310 e. The Morgan fingerprint density at radius 3 is 2.74 bits per heavy atom. The van der Waals surface area contributed by atoms with Crippen molar-refractivity contribution in [2.24, 2.45) is 0 Å². The van der Waals surface area contributed by atoms with Crippen LogP contribution in [0, 0.1) is 6.92 Å². The Bertz CT molecular complexity index is 1420. The zero-order chi connectivity index (χ0) is 24.1. The van der Waals surface area contributed by atoms with Gasteiger partial charge >= 0.3 is 6.03 Å². The predicted molar refractivity (Wildman–Crippen MR) is 143 cm³/mol.